The van der Waals surface area contributed by atoms with Gasteiger partial charge in [-0.25, -0.2) is 0 Å². The first kappa shape index (κ1) is 13.4. The van der Waals surface area contributed by atoms with Crippen molar-refractivity contribution in [3.05, 3.63) is 28.2 Å². The number of ether oxygens (including phenoxy) is 1. The van der Waals surface area contributed by atoms with Crippen molar-refractivity contribution in [2.24, 2.45) is 0 Å². The number of carbonyl (C=O) groups excluding carboxylic acids is 1. The summed E-state index contributed by atoms with van der Waals surface area (Å²) in [6.07, 6.45) is 1.02. The molecule has 0 aliphatic carbocycles. The summed E-state index contributed by atoms with van der Waals surface area (Å²) in [6, 6.07) is 4.88. The highest BCUT2D eigenvalue weighted by atomic mass is 79.9. The van der Waals surface area contributed by atoms with Gasteiger partial charge >= 0.3 is 0 Å². The Hall–Kier alpha value is -1.07. The fourth-order valence-corrected chi connectivity index (χ4v) is 2.23. The van der Waals surface area contributed by atoms with Crippen LogP contribution < -0.4 is 0 Å². The van der Waals surface area contributed by atoms with Crippen molar-refractivity contribution in [2.45, 2.75) is 19.4 Å². The standard InChI is InChI=1S/C13H16BrNO3/c1-2-10-8-15(5-6-18-10)13(17)9-3-4-11(14)12(16)7-9/h3-4,7,10,16H,2,5-6,8H2,1H3/t10-/m0/s1. The van der Waals surface area contributed by atoms with Gasteiger partial charge in [0.25, 0.3) is 5.91 Å². The smallest absolute Gasteiger partial charge is 0.254 e. The lowest BCUT2D eigenvalue weighted by Gasteiger charge is -2.32. The molecule has 1 heterocycles. The molecule has 98 valence electrons. The lowest BCUT2D eigenvalue weighted by Crippen LogP contribution is -2.45. The normalized spacial score (nSPS) is 19.9. The van der Waals surface area contributed by atoms with Gasteiger partial charge in [0.15, 0.2) is 0 Å². The minimum absolute atomic E-state index is 0.0560. The average molecular weight is 314 g/mol. The van der Waals surface area contributed by atoms with Gasteiger partial charge in [-0.15, -0.1) is 0 Å². The molecule has 0 unspecified atom stereocenters. The molecule has 0 bridgehead atoms. The van der Waals surface area contributed by atoms with Crippen molar-refractivity contribution >= 4 is 21.8 Å². The number of hydrogen-bond acceptors (Lipinski definition) is 3. The summed E-state index contributed by atoms with van der Waals surface area (Å²) in [5, 5.41) is 9.60. The van der Waals surface area contributed by atoms with Crippen LogP contribution in [0.25, 0.3) is 0 Å². The van der Waals surface area contributed by atoms with E-state index in [1.165, 1.54) is 6.07 Å². The van der Waals surface area contributed by atoms with E-state index < -0.39 is 0 Å². The molecule has 4 nitrogen and oxygen atoms in total. The van der Waals surface area contributed by atoms with E-state index in [0.29, 0.717) is 29.7 Å². The predicted octanol–water partition coefficient (Wildman–Crippen LogP) is 2.41. The summed E-state index contributed by atoms with van der Waals surface area (Å²) in [6.45, 7) is 3.84. The fourth-order valence-electron chi connectivity index (χ4n) is 1.98. The zero-order valence-electron chi connectivity index (χ0n) is 10.2. The number of amides is 1. The molecular weight excluding hydrogens is 298 g/mol. The molecule has 1 atom stereocenters. The summed E-state index contributed by atoms with van der Waals surface area (Å²) in [4.78, 5) is 14.0. The Labute approximate surface area is 115 Å². The second-order valence-corrected chi connectivity index (χ2v) is 5.17. The largest absolute Gasteiger partial charge is 0.507 e. The topological polar surface area (TPSA) is 49.8 Å². The van der Waals surface area contributed by atoms with E-state index >= 15 is 0 Å². The summed E-state index contributed by atoms with van der Waals surface area (Å²) in [7, 11) is 0. The second kappa shape index (κ2) is 5.71. The molecular formula is C13H16BrNO3. The molecule has 1 aliphatic heterocycles. The van der Waals surface area contributed by atoms with E-state index in [1.807, 2.05) is 6.92 Å². The van der Waals surface area contributed by atoms with Crippen LogP contribution >= 0.6 is 15.9 Å². The van der Waals surface area contributed by atoms with Crippen molar-refractivity contribution in [2.75, 3.05) is 19.7 Å². The monoisotopic (exact) mass is 313 g/mol. The zero-order chi connectivity index (χ0) is 13.1. The molecule has 2 rings (SSSR count). The first-order valence-corrected chi connectivity index (χ1v) is 6.80. The van der Waals surface area contributed by atoms with Crippen molar-refractivity contribution in [3.8, 4) is 5.75 Å². The molecule has 0 radical (unpaired) electrons. The highest BCUT2D eigenvalue weighted by Crippen LogP contribution is 2.25. The summed E-state index contributed by atoms with van der Waals surface area (Å²) >= 11 is 3.20. The van der Waals surface area contributed by atoms with Crippen molar-refractivity contribution < 1.29 is 14.6 Å². The van der Waals surface area contributed by atoms with Gasteiger partial charge in [0.2, 0.25) is 0 Å². The maximum absolute atomic E-state index is 12.3. The van der Waals surface area contributed by atoms with Gasteiger partial charge in [-0.05, 0) is 40.5 Å². The number of phenolic OH excluding ortho intramolecular Hbond substituents is 1. The van der Waals surface area contributed by atoms with Crippen molar-refractivity contribution in [3.63, 3.8) is 0 Å². The third kappa shape index (κ3) is 2.84. The Bertz CT molecular complexity index is 450. The third-order valence-electron chi connectivity index (χ3n) is 3.07. The summed E-state index contributed by atoms with van der Waals surface area (Å²) < 4.78 is 6.13. The summed E-state index contributed by atoms with van der Waals surface area (Å²) in [5.41, 5.74) is 0.507. The molecule has 1 saturated heterocycles. The Kier molecular flexibility index (Phi) is 4.24. The minimum atomic E-state index is -0.0560. The van der Waals surface area contributed by atoms with Crippen LogP contribution in [0.15, 0.2) is 22.7 Å². The first-order valence-electron chi connectivity index (χ1n) is 6.01. The maximum atomic E-state index is 12.3. The number of rotatable bonds is 2. The lowest BCUT2D eigenvalue weighted by atomic mass is 10.1. The number of morpholine rings is 1. The van der Waals surface area contributed by atoms with E-state index in [0.717, 1.165) is 6.42 Å². The van der Waals surface area contributed by atoms with Crippen LogP contribution in [-0.4, -0.2) is 41.7 Å². The SMILES string of the molecule is CC[C@H]1CN(C(=O)c2ccc(Br)c(O)c2)CCO1. The van der Waals surface area contributed by atoms with Gasteiger partial charge in [0, 0.05) is 18.7 Å². The number of nitrogens with zero attached hydrogens (tertiary/aromatic N) is 1. The molecule has 0 aromatic heterocycles. The average Bonchev–Trinajstić information content (AvgIpc) is 2.41. The Balaban J connectivity index is 2.12. The molecule has 1 fully saturated rings. The second-order valence-electron chi connectivity index (χ2n) is 4.32. The van der Waals surface area contributed by atoms with Crippen LogP contribution in [0.5, 0.6) is 5.75 Å². The lowest BCUT2D eigenvalue weighted by molar-refractivity contribution is -0.0226. The minimum Gasteiger partial charge on any atom is -0.507 e. The number of halogens is 1. The molecule has 1 aromatic rings. The Morgan fingerprint density at radius 3 is 3.06 bits per heavy atom. The van der Waals surface area contributed by atoms with E-state index in [2.05, 4.69) is 15.9 Å². The van der Waals surface area contributed by atoms with Crippen LogP contribution in [0.4, 0.5) is 0 Å². The number of hydrogen-bond donors (Lipinski definition) is 1. The van der Waals surface area contributed by atoms with Crippen LogP contribution in [0.2, 0.25) is 0 Å². The highest BCUT2D eigenvalue weighted by molar-refractivity contribution is 9.10. The van der Waals surface area contributed by atoms with Gasteiger partial charge < -0.3 is 14.7 Å². The van der Waals surface area contributed by atoms with Gasteiger partial charge in [-0.2, -0.15) is 0 Å². The number of benzene rings is 1. The zero-order valence-corrected chi connectivity index (χ0v) is 11.8. The third-order valence-corrected chi connectivity index (χ3v) is 3.74. The maximum Gasteiger partial charge on any atom is 0.254 e. The van der Waals surface area contributed by atoms with Gasteiger partial charge in [-0.3, -0.25) is 4.79 Å². The van der Waals surface area contributed by atoms with E-state index in [9.17, 15) is 9.90 Å². The van der Waals surface area contributed by atoms with E-state index in [4.69, 9.17) is 4.74 Å². The molecule has 1 aliphatic rings. The quantitative estimate of drug-likeness (QED) is 0.912. The molecule has 5 heteroatoms. The van der Waals surface area contributed by atoms with Crippen molar-refractivity contribution in [1.29, 1.82) is 0 Å². The molecule has 0 spiro atoms. The molecule has 1 amide bonds. The number of aromatic hydroxyl groups is 1. The molecule has 1 aromatic carbocycles. The summed E-state index contributed by atoms with van der Waals surface area (Å²) in [5.74, 6) is 0.0284. The van der Waals surface area contributed by atoms with Crippen molar-refractivity contribution in [1.82, 2.24) is 4.90 Å². The molecule has 1 N–H and O–H groups in total. The first-order chi connectivity index (χ1) is 8.61. The highest BCUT2D eigenvalue weighted by Gasteiger charge is 2.24. The van der Waals surface area contributed by atoms with Crippen LogP contribution in [0.1, 0.15) is 23.7 Å². The van der Waals surface area contributed by atoms with Gasteiger partial charge in [-0.1, -0.05) is 6.92 Å². The fraction of sp³-hybridized carbons (Fsp3) is 0.462. The van der Waals surface area contributed by atoms with E-state index in [-0.39, 0.29) is 17.8 Å². The molecule has 0 saturated carbocycles. The molecule has 18 heavy (non-hydrogen) atoms. The van der Waals surface area contributed by atoms with E-state index in [1.54, 1.807) is 17.0 Å². The predicted molar refractivity (Wildman–Crippen MR) is 71.7 cm³/mol. The van der Waals surface area contributed by atoms with Crippen LogP contribution in [0.3, 0.4) is 0 Å². The number of carbonyl (C=O) groups is 1. The van der Waals surface area contributed by atoms with Gasteiger partial charge in [0.1, 0.15) is 5.75 Å². The van der Waals surface area contributed by atoms with Crippen LogP contribution in [0, 0.1) is 0 Å². The Morgan fingerprint density at radius 1 is 1.61 bits per heavy atom. The van der Waals surface area contributed by atoms with Gasteiger partial charge in [0.05, 0.1) is 17.2 Å². The Morgan fingerprint density at radius 2 is 2.39 bits per heavy atom. The number of phenols is 1. The van der Waals surface area contributed by atoms with Crippen LogP contribution in [-0.2, 0) is 4.74 Å².